The van der Waals surface area contributed by atoms with Crippen LogP contribution in [0.2, 0.25) is 15.1 Å². The van der Waals surface area contributed by atoms with Crippen LogP contribution in [0.3, 0.4) is 0 Å². The highest BCUT2D eigenvalue weighted by molar-refractivity contribution is 7.80. The number of halogens is 3. The molecule has 2 amide bonds. The number of thiocarbonyl (C=S) groups is 1. The van der Waals surface area contributed by atoms with E-state index >= 15 is 0 Å². The van der Waals surface area contributed by atoms with Gasteiger partial charge in [0.05, 0.1) is 22.0 Å². The van der Waals surface area contributed by atoms with Gasteiger partial charge in [-0.3, -0.25) is 14.9 Å². The van der Waals surface area contributed by atoms with Gasteiger partial charge in [-0.2, -0.15) is 0 Å². The molecule has 0 atom stereocenters. The van der Waals surface area contributed by atoms with Crippen molar-refractivity contribution in [2.24, 2.45) is 0 Å². The molecule has 2 aromatic heterocycles. The number of rotatable bonds is 5. The molecule has 12 heteroatoms. The molecule has 0 unspecified atom stereocenters. The van der Waals surface area contributed by atoms with E-state index in [1.54, 1.807) is 47.4 Å². The first kappa shape index (κ1) is 27.1. The number of hydrogen-bond acceptors (Lipinski definition) is 6. The molecule has 5 rings (SSSR count). The number of carbonyl (C=O) groups is 2. The highest BCUT2D eigenvalue weighted by Gasteiger charge is 2.25. The predicted octanol–water partition coefficient (Wildman–Crippen LogP) is 6.59. The molecule has 1 saturated heterocycles. The normalized spacial score (nSPS) is 13.3. The molecule has 0 bridgehead atoms. The minimum absolute atomic E-state index is 0.0678. The molecule has 0 radical (unpaired) electrons. The Morgan fingerprint density at radius 2 is 1.67 bits per heavy atom. The van der Waals surface area contributed by atoms with Gasteiger partial charge in [0.15, 0.2) is 16.6 Å². The summed E-state index contributed by atoms with van der Waals surface area (Å²) in [4.78, 5) is 29.0. The second-order valence-corrected chi connectivity index (χ2v) is 10.3. The Hall–Kier alpha value is -3.50. The largest absolute Gasteiger partial charge is 0.459 e. The second kappa shape index (κ2) is 11.7. The number of benzene rings is 2. The van der Waals surface area contributed by atoms with E-state index in [0.717, 1.165) is 5.69 Å². The molecule has 0 spiro atoms. The van der Waals surface area contributed by atoms with E-state index in [1.165, 1.54) is 12.3 Å². The van der Waals surface area contributed by atoms with E-state index in [4.69, 9.17) is 55.9 Å². The van der Waals surface area contributed by atoms with Crippen LogP contribution in [0.15, 0.2) is 75.8 Å². The third kappa shape index (κ3) is 6.23. The zero-order chi connectivity index (χ0) is 27.5. The molecule has 0 aliphatic carbocycles. The summed E-state index contributed by atoms with van der Waals surface area (Å²) in [5, 5.41) is 7.05. The Labute approximate surface area is 244 Å². The van der Waals surface area contributed by atoms with Gasteiger partial charge >= 0.3 is 0 Å². The minimum atomic E-state index is -0.520. The number of hydrogen-bond donors (Lipinski definition) is 2. The maximum absolute atomic E-state index is 12.7. The summed E-state index contributed by atoms with van der Waals surface area (Å²) in [6.45, 7) is 2.34. The van der Waals surface area contributed by atoms with E-state index in [9.17, 15) is 9.59 Å². The van der Waals surface area contributed by atoms with Crippen molar-refractivity contribution in [3.05, 3.63) is 93.5 Å². The smallest absolute Gasteiger partial charge is 0.293 e. The van der Waals surface area contributed by atoms with E-state index < -0.39 is 5.91 Å². The summed E-state index contributed by atoms with van der Waals surface area (Å²) in [5.74, 6) is 0.180. The highest BCUT2D eigenvalue weighted by atomic mass is 35.5. The number of anilines is 2. The lowest BCUT2D eigenvalue weighted by atomic mass is 10.2. The predicted molar refractivity (Wildman–Crippen MR) is 156 cm³/mol. The summed E-state index contributed by atoms with van der Waals surface area (Å²) >= 11 is 24.0. The molecule has 1 fully saturated rings. The van der Waals surface area contributed by atoms with Gasteiger partial charge in [-0.15, -0.1) is 0 Å². The number of nitrogens with zero attached hydrogens (tertiary/aromatic N) is 2. The van der Waals surface area contributed by atoms with Crippen LogP contribution in [0, 0.1) is 0 Å². The quantitative estimate of drug-likeness (QED) is 0.249. The average Bonchev–Trinajstić information content (AvgIpc) is 3.62. The van der Waals surface area contributed by atoms with Gasteiger partial charge in [-0.1, -0.05) is 34.8 Å². The third-order valence-electron chi connectivity index (χ3n) is 6.10. The Kier molecular flexibility index (Phi) is 8.13. The number of carbonyl (C=O) groups excluding carboxylic acids is 2. The van der Waals surface area contributed by atoms with Crippen LogP contribution in [0.25, 0.3) is 11.3 Å². The van der Waals surface area contributed by atoms with Crippen molar-refractivity contribution in [2.75, 3.05) is 36.4 Å². The molecule has 8 nitrogen and oxygen atoms in total. The van der Waals surface area contributed by atoms with Crippen LogP contribution in [0.4, 0.5) is 11.4 Å². The average molecular weight is 604 g/mol. The van der Waals surface area contributed by atoms with Crippen molar-refractivity contribution in [1.29, 1.82) is 0 Å². The number of furan rings is 2. The minimum Gasteiger partial charge on any atom is -0.459 e. The third-order valence-corrected chi connectivity index (χ3v) is 7.15. The summed E-state index contributed by atoms with van der Waals surface area (Å²) in [5.41, 5.74) is 2.06. The second-order valence-electron chi connectivity index (χ2n) is 8.62. The van der Waals surface area contributed by atoms with Crippen molar-refractivity contribution < 1.29 is 18.4 Å². The van der Waals surface area contributed by atoms with Crippen molar-refractivity contribution in [3.63, 3.8) is 0 Å². The van der Waals surface area contributed by atoms with E-state index in [1.807, 2.05) is 12.1 Å². The Bertz CT molecular complexity index is 1530. The maximum atomic E-state index is 12.7. The van der Waals surface area contributed by atoms with Crippen molar-refractivity contribution >= 4 is 75.3 Å². The van der Waals surface area contributed by atoms with Gasteiger partial charge in [-0.05, 0) is 72.9 Å². The summed E-state index contributed by atoms with van der Waals surface area (Å²) < 4.78 is 10.9. The topological polar surface area (TPSA) is 91.0 Å². The zero-order valence-corrected chi connectivity index (χ0v) is 23.3. The SMILES string of the molecule is O=C(NC(=S)Nc1ccc(N2CCN(C(=O)c3ccco3)CC2)c(Cl)c1)c1ccc(-c2ccc(Cl)cc2Cl)o1. The first-order valence-electron chi connectivity index (χ1n) is 11.8. The molecular weight excluding hydrogens is 583 g/mol. The number of amides is 2. The number of nitrogens with one attached hydrogen (secondary N) is 2. The fraction of sp³-hybridized carbons (Fsp3) is 0.148. The summed E-state index contributed by atoms with van der Waals surface area (Å²) in [7, 11) is 0. The van der Waals surface area contributed by atoms with Gasteiger partial charge in [0.1, 0.15) is 5.76 Å². The van der Waals surface area contributed by atoms with Gasteiger partial charge in [-0.25, -0.2) is 0 Å². The fourth-order valence-corrected chi connectivity index (χ4v) is 5.18. The fourth-order valence-electron chi connectivity index (χ4n) is 4.17. The van der Waals surface area contributed by atoms with Crippen molar-refractivity contribution in [1.82, 2.24) is 10.2 Å². The Balaban J connectivity index is 1.16. The zero-order valence-electron chi connectivity index (χ0n) is 20.2. The van der Waals surface area contributed by atoms with Gasteiger partial charge in [0, 0.05) is 42.5 Å². The van der Waals surface area contributed by atoms with Crippen LogP contribution in [-0.4, -0.2) is 48.0 Å². The molecule has 39 heavy (non-hydrogen) atoms. The van der Waals surface area contributed by atoms with E-state index in [-0.39, 0.29) is 16.8 Å². The number of piperazine rings is 1. The van der Waals surface area contributed by atoms with Gasteiger partial charge < -0.3 is 24.0 Å². The van der Waals surface area contributed by atoms with Crippen LogP contribution >= 0.6 is 47.0 Å². The van der Waals surface area contributed by atoms with Crippen LogP contribution in [0.5, 0.6) is 0 Å². The highest BCUT2D eigenvalue weighted by Crippen LogP contribution is 2.32. The molecule has 3 heterocycles. The van der Waals surface area contributed by atoms with Crippen molar-refractivity contribution in [3.8, 4) is 11.3 Å². The first-order valence-corrected chi connectivity index (χ1v) is 13.4. The van der Waals surface area contributed by atoms with Gasteiger partial charge in [0.2, 0.25) is 0 Å². The van der Waals surface area contributed by atoms with Gasteiger partial charge in [0.25, 0.3) is 11.8 Å². The molecule has 1 aliphatic rings. The Morgan fingerprint density at radius 1 is 0.872 bits per heavy atom. The molecular formula is C27H21Cl3N4O4S. The molecule has 4 aromatic rings. The van der Waals surface area contributed by atoms with E-state index in [2.05, 4.69) is 15.5 Å². The lowest BCUT2D eigenvalue weighted by Crippen LogP contribution is -2.48. The molecule has 200 valence electrons. The Morgan fingerprint density at radius 3 is 2.36 bits per heavy atom. The lowest BCUT2D eigenvalue weighted by Gasteiger charge is -2.36. The molecule has 2 N–H and O–H groups in total. The summed E-state index contributed by atoms with van der Waals surface area (Å²) in [6, 6.07) is 16.9. The van der Waals surface area contributed by atoms with E-state index in [0.29, 0.717) is 64.0 Å². The summed E-state index contributed by atoms with van der Waals surface area (Å²) in [6.07, 6.45) is 1.49. The molecule has 1 aliphatic heterocycles. The first-order chi connectivity index (χ1) is 18.8. The maximum Gasteiger partial charge on any atom is 0.293 e. The monoisotopic (exact) mass is 602 g/mol. The lowest BCUT2D eigenvalue weighted by molar-refractivity contribution is 0.0714. The van der Waals surface area contributed by atoms with Crippen LogP contribution < -0.4 is 15.5 Å². The standard InChI is InChI=1S/C27H21Cl3N4O4S/c28-16-3-5-18(19(29)14-16)22-7-8-23(38-22)25(35)32-27(39)31-17-4-6-21(20(30)15-17)33-9-11-34(12-10-33)26(36)24-2-1-13-37-24/h1-8,13-15H,9-12H2,(H2,31,32,35,39). The van der Waals surface area contributed by atoms with Crippen LogP contribution in [0.1, 0.15) is 21.1 Å². The molecule has 2 aromatic carbocycles. The van der Waals surface area contributed by atoms with Crippen LogP contribution in [-0.2, 0) is 0 Å². The van der Waals surface area contributed by atoms with Crippen molar-refractivity contribution in [2.45, 2.75) is 0 Å². The molecule has 0 saturated carbocycles.